The highest BCUT2D eigenvalue weighted by Crippen LogP contribution is 2.18. The van der Waals surface area contributed by atoms with Crippen LogP contribution in [0.5, 0.6) is 0 Å². The van der Waals surface area contributed by atoms with Crippen LogP contribution in [0, 0.1) is 0 Å². The zero-order chi connectivity index (χ0) is 19.2. The number of amides is 2. The van der Waals surface area contributed by atoms with Gasteiger partial charge in [0, 0.05) is 37.2 Å². The molecule has 1 saturated heterocycles. The molecule has 2 aromatic rings. The highest BCUT2D eigenvalue weighted by Gasteiger charge is 2.21. The Morgan fingerprint density at radius 2 is 1.96 bits per heavy atom. The summed E-state index contributed by atoms with van der Waals surface area (Å²) in [6, 6.07) is 7.65. The molecular weight excluding hydrogens is 350 g/mol. The number of nitrogens with one attached hydrogen (secondary N) is 1. The summed E-state index contributed by atoms with van der Waals surface area (Å²) < 4.78 is 10.3. The van der Waals surface area contributed by atoms with Crippen molar-refractivity contribution in [1.82, 2.24) is 14.8 Å². The SMILES string of the molecule is CN(CC(=O)N1CCOCC1)C(=O)COC(=O)Cc1c[nH]c2ccccc12. The van der Waals surface area contributed by atoms with Gasteiger partial charge in [-0.25, -0.2) is 0 Å². The maximum Gasteiger partial charge on any atom is 0.310 e. The molecular formula is C19H23N3O5. The number of fused-ring (bicyclic) bond motifs is 1. The second-order valence-corrected chi connectivity index (χ2v) is 6.44. The first-order valence-electron chi connectivity index (χ1n) is 8.84. The number of esters is 1. The molecule has 1 aliphatic rings. The number of aromatic amines is 1. The molecule has 2 amide bonds. The molecule has 0 aliphatic carbocycles. The number of carbonyl (C=O) groups is 3. The summed E-state index contributed by atoms with van der Waals surface area (Å²) in [4.78, 5) is 42.4. The van der Waals surface area contributed by atoms with Crippen molar-refractivity contribution in [2.24, 2.45) is 0 Å². The number of aromatic nitrogens is 1. The molecule has 8 heteroatoms. The van der Waals surface area contributed by atoms with Crippen molar-refractivity contribution in [3.05, 3.63) is 36.0 Å². The predicted octanol–water partition coefficient (Wildman–Crippen LogP) is 0.571. The highest BCUT2D eigenvalue weighted by molar-refractivity contribution is 5.89. The molecule has 0 unspecified atom stereocenters. The van der Waals surface area contributed by atoms with Gasteiger partial charge in [-0.15, -0.1) is 0 Å². The zero-order valence-corrected chi connectivity index (χ0v) is 15.3. The number of likely N-dealkylation sites (N-methyl/N-ethyl adjacent to an activating group) is 1. The molecule has 27 heavy (non-hydrogen) atoms. The van der Waals surface area contributed by atoms with Crippen molar-refractivity contribution in [2.45, 2.75) is 6.42 Å². The number of morpholine rings is 1. The Morgan fingerprint density at radius 1 is 1.22 bits per heavy atom. The monoisotopic (exact) mass is 373 g/mol. The van der Waals surface area contributed by atoms with Gasteiger partial charge in [-0.05, 0) is 11.6 Å². The molecule has 0 bridgehead atoms. The number of carbonyl (C=O) groups excluding carboxylic acids is 3. The minimum Gasteiger partial charge on any atom is -0.455 e. The lowest BCUT2D eigenvalue weighted by atomic mass is 10.1. The first kappa shape index (κ1) is 18.9. The first-order chi connectivity index (χ1) is 13.0. The van der Waals surface area contributed by atoms with E-state index in [1.807, 2.05) is 24.3 Å². The minimum absolute atomic E-state index is 0.0428. The molecule has 0 radical (unpaired) electrons. The maximum absolute atomic E-state index is 12.2. The number of hydrogen-bond acceptors (Lipinski definition) is 5. The Bertz CT molecular complexity index is 826. The van der Waals surface area contributed by atoms with E-state index in [1.54, 1.807) is 11.1 Å². The quantitative estimate of drug-likeness (QED) is 0.748. The number of hydrogen-bond donors (Lipinski definition) is 1. The summed E-state index contributed by atoms with van der Waals surface area (Å²) in [5, 5.41) is 0.953. The van der Waals surface area contributed by atoms with Gasteiger partial charge in [-0.1, -0.05) is 18.2 Å². The fraction of sp³-hybridized carbons (Fsp3) is 0.421. The molecule has 0 atom stereocenters. The minimum atomic E-state index is -0.485. The molecule has 144 valence electrons. The van der Waals surface area contributed by atoms with Crippen LogP contribution in [-0.2, 0) is 30.3 Å². The van der Waals surface area contributed by atoms with E-state index in [-0.39, 0.29) is 25.5 Å². The second-order valence-electron chi connectivity index (χ2n) is 6.44. The third kappa shape index (κ3) is 4.85. The Labute approximate surface area is 157 Å². The Morgan fingerprint density at radius 3 is 2.74 bits per heavy atom. The molecule has 8 nitrogen and oxygen atoms in total. The number of para-hydroxylation sites is 1. The van der Waals surface area contributed by atoms with E-state index in [9.17, 15) is 14.4 Å². The first-order valence-corrected chi connectivity index (χ1v) is 8.84. The van der Waals surface area contributed by atoms with Crippen molar-refractivity contribution in [1.29, 1.82) is 0 Å². The van der Waals surface area contributed by atoms with Crippen LogP contribution in [0.1, 0.15) is 5.56 Å². The van der Waals surface area contributed by atoms with Crippen LogP contribution in [0.15, 0.2) is 30.5 Å². The van der Waals surface area contributed by atoms with Crippen LogP contribution < -0.4 is 0 Å². The van der Waals surface area contributed by atoms with E-state index in [0.29, 0.717) is 26.3 Å². The fourth-order valence-electron chi connectivity index (χ4n) is 2.94. The molecule has 2 heterocycles. The zero-order valence-electron chi connectivity index (χ0n) is 15.3. The van der Waals surface area contributed by atoms with E-state index in [2.05, 4.69) is 4.98 Å². The van der Waals surface area contributed by atoms with Gasteiger partial charge in [0.05, 0.1) is 26.2 Å². The summed E-state index contributed by atoms with van der Waals surface area (Å²) in [6.45, 7) is 1.65. The molecule has 1 N–H and O–H groups in total. The average Bonchev–Trinajstić information content (AvgIpc) is 3.09. The van der Waals surface area contributed by atoms with Crippen LogP contribution >= 0.6 is 0 Å². The Balaban J connectivity index is 1.45. The number of H-pyrrole nitrogens is 1. The van der Waals surface area contributed by atoms with E-state index in [1.165, 1.54) is 11.9 Å². The molecule has 1 aliphatic heterocycles. The molecule has 1 aromatic heterocycles. The van der Waals surface area contributed by atoms with E-state index >= 15 is 0 Å². The molecule has 1 aromatic carbocycles. The molecule has 1 fully saturated rings. The van der Waals surface area contributed by atoms with Gasteiger partial charge in [0.15, 0.2) is 6.61 Å². The van der Waals surface area contributed by atoms with Crippen molar-refractivity contribution >= 4 is 28.7 Å². The van der Waals surface area contributed by atoms with Gasteiger partial charge in [0.25, 0.3) is 5.91 Å². The van der Waals surface area contributed by atoms with Crippen LogP contribution in [0.2, 0.25) is 0 Å². The summed E-state index contributed by atoms with van der Waals surface area (Å²) in [5.41, 5.74) is 1.76. The maximum atomic E-state index is 12.2. The topological polar surface area (TPSA) is 91.9 Å². The van der Waals surface area contributed by atoms with Crippen molar-refractivity contribution in [2.75, 3.05) is 46.5 Å². The fourth-order valence-corrected chi connectivity index (χ4v) is 2.94. The predicted molar refractivity (Wildman–Crippen MR) is 98.0 cm³/mol. The number of rotatable bonds is 6. The van der Waals surface area contributed by atoms with E-state index in [4.69, 9.17) is 9.47 Å². The second kappa shape index (κ2) is 8.68. The standard InChI is InChI=1S/C19H23N3O5/c1-21(12-17(23)22-6-8-26-9-7-22)18(24)13-27-19(25)10-14-11-20-16-5-3-2-4-15(14)16/h2-5,11,20H,6-10,12-13H2,1H3. The van der Waals surface area contributed by atoms with Crippen LogP contribution in [0.4, 0.5) is 0 Å². The van der Waals surface area contributed by atoms with Crippen molar-refractivity contribution in [3.8, 4) is 0 Å². The summed E-state index contributed by atoms with van der Waals surface area (Å²) in [7, 11) is 1.52. The third-order valence-corrected chi connectivity index (χ3v) is 4.53. The molecule has 3 rings (SSSR count). The number of benzene rings is 1. The van der Waals surface area contributed by atoms with Gasteiger partial charge < -0.3 is 24.3 Å². The molecule has 0 spiro atoms. The summed E-state index contributed by atoms with van der Waals surface area (Å²) >= 11 is 0. The Kier molecular flexibility index (Phi) is 6.08. The van der Waals surface area contributed by atoms with Crippen LogP contribution in [-0.4, -0.2) is 79.1 Å². The number of nitrogens with zero attached hydrogens (tertiary/aromatic N) is 2. The summed E-state index contributed by atoms with van der Waals surface area (Å²) in [6.07, 6.45) is 1.84. The van der Waals surface area contributed by atoms with Gasteiger partial charge >= 0.3 is 5.97 Å². The van der Waals surface area contributed by atoms with Crippen LogP contribution in [0.25, 0.3) is 10.9 Å². The normalized spacial score (nSPS) is 14.2. The summed E-state index contributed by atoms with van der Waals surface area (Å²) in [5.74, 6) is -1.04. The van der Waals surface area contributed by atoms with E-state index in [0.717, 1.165) is 16.5 Å². The average molecular weight is 373 g/mol. The highest BCUT2D eigenvalue weighted by atomic mass is 16.5. The van der Waals surface area contributed by atoms with Crippen molar-refractivity contribution < 1.29 is 23.9 Å². The number of ether oxygens (including phenoxy) is 2. The lowest BCUT2D eigenvalue weighted by Gasteiger charge is -2.28. The Hall–Kier alpha value is -2.87. The van der Waals surface area contributed by atoms with Gasteiger partial charge in [-0.3, -0.25) is 14.4 Å². The third-order valence-electron chi connectivity index (χ3n) is 4.53. The van der Waals surface area contributed by atoms with Gasteiger partial charge in [-0.2, -0.15) is 0 Å². The van der Waals surface area contributed by atoms with Crippen molar-refractivity contribution in [3.63, 3.8) is 0 Å². The lowest BCUT2D eigenvalue weighted by Crippen LogP contribution is -2.46. The van der Waals surface area contributed by atoms with E-state index < -0.39 is 11.9 Å². The smallest absolute Gasteiger partial charge is 0.310 e. The van der Waals surface area contributed by atoms with Gasteiger partial charge in [0.1, 0.15) is 0 Å². The lowest BCUT2D eigenvalue weighted by molar-refractivity contribution is -0.152. The van der Waals surface area contributed by atoms with Crippen LogP contribution in [0.3, 0.4) is 0 Å². The molecule has 0 saturated carbocycles. The van der Waals surface area contributed by atoms with Gasteiger partial charge in [0.2, 0.25) is 5.91 Å². The largest absolute Gasteiger partial charge is 0.455 e.